The average molecular weight is 370 g/mol. The fourth-order valence-electron chi connectivity index (χ4n) is 1.90. The van der Waals surface area contributed by atoms with Crippen LogP contribution in [0, 0.1) is 0 Å². The molecule has 2 aromatic heterocycles. The van der Waals surface area contributed by atoms with E-state index in [1.807, 2.05) is 0 Å². The van der Waals surface area contributed by atoms with Gasteiger partial charge >= 0.3 is 0 Å². The van der Waals surface area contributed by atoms with E-state index in [1.165, 1.54) is 11.4 Å². The first-order valence-corrected chi connectivity index (χ1v) is 9.25. The zero-order valence-corrected chi connectivity index (χ0v) is 14.4. The van der Waals surface area contributed by atoms with E-state index in [2.05, 4.69) is 10.1 Å². The van der Waals surface area contributed by atoms with E-state index in [9.17, 15) is 8.42 Å². The van der Waals surface area contributed by atoms with Crippen LogP contribution >= 0.6 is 22.9 Å². The zero-order chi connectivity index (χ0) is 16.4. The monoisotopic (exact) mass is 369 g/mol. The molecule has 1 aromatic carbocycles. The van der Waals surface area contributed by atoms with E-state index in [-0.39, 0.29) is 16.6 Å². The highest BCUT2D eigenvalue weighted by Crippen LogP contribution is 2.23. The van der Waals surface area contributed by atoms with E-state index < -0.39 is 10.0 Å². The predicted molar refractivity (Wildman–Crippen MR) is 87.7 cm³/mol. The van der Waals surface area contributed by atoms with Gasteiger partial charge in [-0.15, -0.1) is 11.3 Å². The molecule has 0 aliphatic carbocycles. The summed E-state index contributed by atoms with van der Waals surface area (Å²) in [4.78, 5) is 4.22. The minimum Gasteiger partial charge on any atom is -0.338 e. The maximum Gasteiger partial charge on any atom is 0.252 e. The summed E-state index contributed by atoms with van der Waals surface area (Å²) in [7, 11) is -2.08. The lowest BCUT2D eigenvalue weighted by atomic mass is 10.2. The van der Waals surface area contributed by atoms with Crippen molar-refractivity contribution >= 4 is 33.0 Å². The molecule has 120 valence electrons. The van der Waals surface area contributed by atoms with Gasteiger partial charge in [-0.3, -0.25) is 0 Å². The van der Waals surface area contributed by atoms with E-state index in [1.54, 1.807) is 41.8 Å². The minimum atomic E-state index is -3.55. The molecule has 0 unspecified atom stereocenters. The summed E-state index contributed by atoms with van der Waals surface area (Å²) in [6, 6.07) is 10.3. The average Bonchev–Trinajstić information content (AvgIpc) is 3.19. The number of rotatable bonds is 5. The van der Waals surface area contributed by atoms with Gasteiger partial charge in [0.1, 0.15) is 4.21 Å². The summed E-state index contributed by atoms with van der Waals surface area (Å²) in [5.74, 6) is 0.576. The van der Waals surface area contributed by atoms with Crippen molar-refractivity contribution in [1.29, 1.82) is 0 Å². The number of halogens is 1. The van der Waals surface area contributed by atoms with Crippen LogP contribution in [-0.2, 0) is 16.6 Å². The molecule has 0 saturated heterocycles. The van der Waals surface area contributed by atoms with Gasteiger partial charge in [-0.1, -0.05) is 35.0 Å². The fourth-order valence-corrected chi connectivity index (χ4v) is 4.41. The molecule has 0 N–H and O–H groups in total. The molecule has 23 heavy (non-hydrogen) atoms. The maximum atomic E-state index is 12.3. The first kappa shape index (κ1) is 16.1. The van der Waals surface area contributed by atoms with Gasteiger partial charge < -0.3 is 4.52 Å². The molecule has 0 aliphatic rings. The van der Waals surface area contributed by atoms with Crippen LogP contribution in [0.4, 0.5) is 0 Å². The number of benzene rings is 1. The number of hydrogen-bond acceptors (Lipinski definition) is 6. The summed E-state index contributed by atoms with van der Waals surface area (Å²) < 4.78 is 31.3. The number of sulfonamides is 1. The molecular formula is C14H12ClN3O3S2. The van der Waals surface area contributed by atoms with Gasteiger partial charge in [0.15, 0.2) is 0 Å². The Morgan fingerprint density at radius 2 is 2.13 bits per heavy atom. The molecule has 0 spiro atoms. The smallest absolute Gasteiger partial charge is 0.252 e. The molecule has 0 amide bonds. The Bertz CT molecular complexity index is 907. The quantitative estimate of drug-likeness (QED) is 0.689. The van der Waals surface area contributed by atoms with Crippen LogP contribution < -0.4 is 0 Å². The molecule has 0 radical (unpaired) electrons. The number of aromatic nitrogens is 2. The van der Waals surface area contributed by atoms with Crippen LogP contribution in [0.3, 0.4) is 0 Å². The summed E-state index contributed by atoms with van der Waals surface area (Å²) in [5, 5.41) is 6.14. The SMILES string of the molecule is CN(Cc1nc(-c2cccc(Cl)c2)no1)S(=O)(=O)c1cccs1. The van der Waals surface area contributed by atoms with Crippen molar-refractivity contribution < 1.29 is 12.9 Å². The Hall–Kier alpha value is -1.74. The topological polar surface area (TPSA) is 76.3 Å². The van der Waals surface area contributed by atoms with E-state index >= 15 is 0 Å². The molecule has 2 heterocycles. The van der Waals surface area contributed by atoms with Crippen LogP contribution in [0.5, 0.6) is 0 Å². The van der Waals surface area contributed by atoms with Gasteiger partial charge in [-0.25, -0.2) is 8.42 Å². The van der Waals surface area contributed by atoms with Gasteiger partial charge in [0.05, 0.1) is 6.54 Å². The molecule has 3 aromatic rings. The molecular weight excluding hydrogens is 358 g/mol. The molecule has 0 saturated carbocycles. The Morgan fingerprint density at radius 1 is 1.30 bits per heavy atom. The van der Waals surface area contributed by atoms with Crippen LogP contribution in [0.15, 0.2) is 50.5 Å². The van der Waals surface area contributed by atoms with Crippen molar-refractivity contribution in [1.82, 2.24) is 14.4 Å². The Labute approximate surface area is 142 Å². The largest absolute Gasteiger partial charge is 0.338 e. The van der Waals surface area contributed by atoms with Crippen molar-refractivity contribution in [2.45, 2.75) is 10.8 Å². The van der Waals surface area contributed by atoms with Crippen molar-refractivity contribution in [3.8, 4) is 11.4 Å². The summed E-state index contributed by atoms with van der Waals surface area (Å²) in [6.07, 6.45) is 0. The number of nitrogens with zero attached hydrogens (tertiary/aromatic N) is 3. The molecule has 9 heteroatoms. The Kier molecular flexibility index (Phi) is 4.49. The third kappa shape index (κ3) is 3.45. The van der Waals surface area contributed by atoms with Crippen molar-refractivity contribution in [2.24, 2.45) is 0 Å². The van der Waals surface area contributed by atoms with Crippen molar-refractivity contribution in [2.75, 3.05) is 7.05 Å². The first-order chi connectivity index (χ1) is 11.0. The van der Waals surface area contributed by atoms with Gasteiger partial charge in [0, 0.05) is 17.6 Å². The number of thiophene rings is 1. The first-order valence-electron chi connectivity index (χ1n) is 6.55. The molecule has 0 fully saturated rings. The lowest BCUT2D eigenvalue weighted by Gasteiger charge is -2.13. The second kappa shape index (κ2) is 6.40. The highest BCUT2D eigenvalue weighted by molar-refractivity contribution is 7.91. The second-order valence-corrected chi connectivity index (χ2v) is 8.37. The zero-order valence-electron chi connectivity index (χ0n) is 12.0. The third-order valence-corrected chi connectivity index (χ3v) is 6.48. The Balaban J connectivity index is 1.79. The number of hydrogen-bond donors (Lipinski definition) is 0. The Morgan fingerprint density at radius 3 is 2.83 bits per heavy atom. The summed E-state index contributed by atoms with van der Waals surface area (Å²) in [6.45, 7) is -0.00615. The van der Waals surface area contributed by atoms with Gasteiger partial charge in [0.25, 0.3) is 10.0 Å². The molecule has 0 atom stereocenters. The molecule has 6 nitrogen and oxygen atoms in total. The predicted octanol–water partition coefficient (Wildman–Crippen LogP) is 3.27. The minimum absolute atomic E-state index is 0.00615. The van der Waals surface area contributed by atoms with E-state index in [0.29, 0.717) is 16.4 Å². The highest BCUT2D eigenvalue weighted by Gasteiger charge is 2.24. The lowest BCUT2D eigenvalue weighted by Crippen LogP contribution is -2.25. The lowest BCUT2D eigenvalue weighted by molar-refractivity contribution is 0.337. The van der Waals surface area contributed by atoms with Crippen molar-refractivity contribution in [3.05, 3.63) is 52.7 Å². The maximum absolute atomic E-state index is 12.3. The second-order valence-electron chi connectivity index (χ2n) is 4.72. The normalized spacial score (nSPS) is 12.0. The fraction of sp³-hybridized carbons (Fsp3) is 0.143. The highest BCUT2D eigenvalue weighted by atomic mass is 35.5. The van der Waals surface area contributed by atoms with Gasteiger partial charge in [0.2, 0.25) is 11.7 Å². The van der Waals surface area contributed by atoms with Crippen LogP contribution in [0.2, 0.25) is 5.02 Å². The summed E-state index contributed by atoms with van der Waals surface area (Å²) >= 11 is 7.09. The van der Waals surface area contributed by atoms with E-state index in [4.69, 9.17) is 16.1 Å². The van der Waals surface area contributed by atoms with Crippen LogP contribution in [0.1, 0.15) is 5.89 Å². The third-order valence-electron chi connectivity index (χ3n) is 3.07. The van der Waals surface area contributed by atoms with Crippen molar-refractivity contribution in [3.63, 3.8) is 0 Å². The summed E-state index contributed by atoms with van der Waals surface area (Å²) in [5.41, 5.74) is 0.705. The van der Waals surface area contributed by atoms with Gasteiger partial charge in [-0.2, -0.15) is 9.29 Å². The van der Waals surface area contributed by atoms with Crippen LogP contribution in [-0.4, -0.2) is 29.9 Å². The molecule has 0 aliphatic heterocycles. The van der Waals surface area contributed by atoms with Gasteiger partial charge in [-0.05, 0) is 23.6 Å². The van der Waals surface area contributed by atoms with E-state index in [0.717, 1.165) is 11.3 Å². The van der Waals surface area contributed by atoms with Crippen LogP contribution in [0.25, 0.3) is 11.4 Å². The standard InChI is InChI=1S/C14H12ClN3O3S2/c1-18(23(19,20)13-6-3-7-22-13)9-12-16-14(17-21-12)10-4-2-5-11(15)8-10/h2-8H,9H2,1H3. The molecule has 3 rings (SSSR count). The molecule has 0 bridgehead atoms.